The van der Waals surface area contributed by atoms with Crippen LogP contribution < -0.4 is 19.8 Å². The van der Waals surface area contributed by atoms with Gasteiger partial charge in [0.05, 0.1) is 33.4 Å². The SMILES string of the molecule is CCOC(=O)C1=C(C)N=c2s/c(=C/c3ccc(-c4ccc([N+](=O)[O-])cc4Br)o3)c(=O)n2[C@@H]1c1ccc(N(C)C)cc1. The number of nitro groups is 1. The van der Waals surface area contributed by atoms with Crippen molar-refractivity contribution in [2.75, 3.05) is 25.6 Å². The topological polar surface area (TPSA) is 120 Å². The zero-order chi connectivity index (χ0) is 29.4. The summed E-state index contributed by atoms with van der Waals surface area (Å²) in [5.41, 5.74) is 2.80. The number of aromatic nitrogens is 1. The zero-order valence-corrected chi connectivity index (χ0v) is 25.0. The summed E-state index contributed by atoms with van der Waals surface area (Å²) in [6.45, 7) is 3.67. The van der Waals surface area contributed by atoms with Gasteiger partial charge in [0.25, 0.3) is 11.2 Å². The summed E-state index contributed by atoms with van der Waals surface area (Å²) in [4.78, 5) is 44.5. The second-order valence-electron chi connectivity index (χ2n) is 9.41. The van der Waals surface area contributed by atoms with E-state index in [0.29, 0.717) is 42.2 Å². The molecule has 0 fully saturated rings. The maximum atomic E-state index is 13.8. The van der Waals surface area contributed by atoms with E-state index in [4.69, 9.17) is 9.15 Å². The van der Waals surface area contributed by atoms with Gasteiger partial charge >= 0.3 is 5.97 Å². The Balaban J connectivity index is 1.60. The molecule has 0 spiro atoms. The summed E-state index contributed by atoms with van der Waals surface area (Å²) in [5, 5.41) is 11.1. The van der Waals surface area contributed by atoms with E-state index in [1.165, 1.54) is 28.0 Å². The number of hydrogen-bond donors (Lipinski definition) is 0. The van der Waals surface area contributed by atoms with Gasteiger partial charge < -0.3 is 14.1 Å². The van der Waals surface area contributed by atoms with Crippen molar-refractivity contribution in [3.63, 3.8) is 0 Å². The summed E-state index contributed by atoms with van der Waals surface area (Å²) < 4.78 is 13.8. The van der Waals surface area contributed by atoms with Gasteiger partial charge in [0, 0.05) is 48.0 Å². The van der Waals surface area contributed by atoms with Gasteiger partial charge in [0.2, 0.25) is 0 Å². The number of furan rings is 1. The monoisotopic (exact) mass is 636 g/mol. The molecule has 4 aromatic rings. The Labute approximate surface area is 246 Å². The number of rotatable bonds is 7. The third kappa shape index (κ3) is 5.40. The third-order valence-corrected chi connectivity index (χ3v) is 8.21. The van der Waals surface area contributed by atoms with Crippen LogP contribution in [-0.2, 0) is 9.53 Å². The maximum absolute atomic E-state index is 13.8. The molecule has 1 atom stereocenters. The Morgan fingerprint density at radius 1 is 1.22 bits per heavy atom. The first-order valence-corrected chi connectivity index (χ1v) is 14.2. The number of allylic oxidation sites excluding steroid dienone is 1. The van der Waals surface area contributed by atoms with Gasteiger partial charge in [0.15, 0.2) is 4.80 Å². The molecule has 1 aliphatic heterocycles. The Bertz CT molecular complexity index is 1880. The number of non-ortho nitro benzene ring substituents is 1. The molecule has 0 unspecified atom stereocenters. The molecular formula is C29H25BrN4O6S. The first kappa shape index (κ1) is 28.2. The van der Waals surface area contributed by atoms with E-state index in [-0.39, 0.29) is 17.9 Å². The highest BCUT2D eigenvalue weighted by Crippen LogP contribution is 2.33. The lowest BCUT2D eigenvalue weighted by Gasteiger charge is -2.25. The van der Waals surface area contributed by atoms with Crippen LogP contribution in [0.1, 0.15) is 31.2 Å². The van der Waals surface area contributed by atoms with Crippen molar-refractivity contribution in [3.8, 4) is 11.3 Å². The number of ether oxygens (including phenoxy) is 1. The van der Waals surface area contributed by atoms with Crippen LogP contribution in [0.3, 0.4) is 0 Å². The van der Waals surface area contributed by atoms with Gasteiger partial charge in [-0.25, -0.2) is 9.79 Å². The number of fused-ring (bicyclic) bond motifs is 1. The number of esters is 1. The molecule has 0 saturated carbocycles. The molecule has 0 aliphatic carbocycles. The van der Waals surface area contributed by atoms with Gasteiger partial charge in [-0.3, -0.25) is 19.5 Å². The van der Waals surface area contributed by atoms with Crippen molar-refractivity contribution in [3.05, 3.63) is 111 Å². The van der Waals surface area contributed by atoms with E-state index < -0.39 is 16.9 Å². The average Bonchev–Trinajstić information content (AvgIpc) is 3.52. The van der Waals surface area contributed by atoms with Crippen molar-refractivity contribution in [1.82, 2.24) is 4.57 Å². The first-order chi connectivity index (χ1) is 19.6. The number of thiazole rings is 1. The van der Waals surface area contributed by atoms with Crippen LogP contribution in [-0.4, -0.2) is 36.2 Å². The Morgan fingerprint density at radius 3 is 2.59 bits per heavy atom. The van der Waals surface area contributed by atoms with Crippen LogP contribution >= 0.6 is 27.3 Å². The lowest BCUT2D eigenvalue weighted by Crippen LogP contribution is -2.39. The van der Waals surface area contributed by atoms with E-state index in [9.17, 15) is 19.7 Å². The van der Waals surface area contributed by atoms with Crippen LogP contribution in [0.5, 0.6) is 0 Å². The van der Waals surface area contributed by atoms with E-state index in [1.807, 2.05) is 43.3 Å². The molecular weight excluding hydrogens is 612 g/mol. The molecule has 5 rings (SSSR count). The molecule has 41 heavy (non-hydrogen) atoms. The standard InChI is InChI=1S/C29H25BrN4O6S/c1-5-39-28(36)25-16(2)31-29-33(26(25)17-6-8-18(9-7-17)32(3)4)27(35)24(41-29)15-20-11-13-23(40-20)21-12-10-19(34(37)38)14-22(21)30/h6-15,26H,5H2,1-4H3/b24-15+/t26-/m1/s1. The number of carbonyl (C=O) groups excluding carboxylic acids is 1. The summed E-state index contributed by atoms with van der Waals surface area (Å²) in [6, 6.07) is 14.8. The number of nitrogens with zero attached hydrogens (tertiary/aromatic N) is 4. The number of halogens is 1. The highest BCUT2D eigenvalue weighted by Gasteiger charge is 2.33. The predicted octanol–water partition coefficient (Wildman–Crippen LogP) is 4.80. The third-order valence-electron chi connectivity index (χ3n) is 6.57. The van der Waals surface area contributed by atoms with Crippen LogP contribution in [0.2, 0.25) is 0 Å². The molecule has 3 heterocycles. The van der Waals surface area contributed by atoms with Crippen molar-refractivity contribution in [2.45, 2.75) is 19.9 Å². The lowest BCUT2D eigenvalue weighted by atomic mass is 9.95. The molecule has 210 valence electrons. The zero-order valence-electron chi connectivity index (χ0n) is 22.6. The van der Waals surface area contributed by atoms with Crippen molar-refractivity contribution < 1.29 is 18.9 Å². The fourth-order valence-corrected chi connectivity index (χ4v) is 6.17. The van der Waals surface area contributed by atoms with Gasteiger partial charge in [-0.15, -0.1) is 0 Å². The molecule has 0 N–H and O–H groups in total. The fraction of sp³-hybridized carbons (Fsp3) is 0.207. The van der Waals surface area contributed by atoms with Crippen molar-refractivity contribution in [1.29, 1.82) is 0 Å². The quantitative estimate of drug-likeness (QED) is 0.162. The first-order valence-electron chi connectivity index (χ1n) is 12.6. The average molecular weight is 638 g/mol. The summed E-state index contributed by atoms with van der Waals surface area (Å²) >= 11 is 4.57. The predicted molar refractivity (Wildman–Crippen MR) is 160 cm³/mol. The van der Waals surface area contributed by atoms with Crippen molar-refractivity contribution >= 4 is 50.7 Å². The number of benzene rings is 2. The van der Waals surface area contributed by atoms with Gasteiger partial charge in [-0.2, -0.15) is 0 Å². The highest BCUT2D eigenvalue weighted by atomic mass is 79.9. The molecule has 0 saturated heterocycles. The number of hydrogen-bond acceptors (Lipinski definition) is 9. The Hall–Kier alpha value is -4.29. The Morgan fingerprint density at radius 2 is 1.95 bits per heavy atom. The second kappa shape index (κ2) is 11.3. The van der Waals surface area contributed by atoms with Gasteiger partial charge in [0.1, 0.15) is 11.5 Å². The largest absolute Gasteiger partial charge is 0.463 e. The minimum atomic E-state index is -0.716. The van der Waals surface area contributed by atoms with E-state index in [2.05, 4.69) is 20.9 Å². The smallest absolute Gasteiger partial charge is 0.338 e. The normalized spacial score (nSPS) is 15.0. The number of anilines is 1. The van der Waals surface area contributed by atoms with Gasteiger partial charge in [-0.1, -0.05) is 23.5 Å². The van der Waals surface area contributed by atoms with Gasteiger partial charge in [-0.05, 0) is 65.7 Å². The van der Waals surface area contributed by atoms with E-state index in [0.717, 1.165) is 11.3 Å². The van der Waals surface area contributed by atoms with Crippen LogP contribution in [0.25, 0.3) is 17.4 Å². The van der Waals surface area contributed by atoms with E-state index >= 15 is 0 Å². The summed E-state index contributed by atoms with van der Waals surface area (Å²) in [5.74, 6) is 0.378. The maximum Gasteiger partial charge on any atom is 0.338 e. The molecule has 2 aromatic carbocycles. The molecule has 10 nitrogen and oxygen atoms in total. The molecule has 2 aromatic heterocycles. The number of nitro benzene ring substituents is 1. The second-order valence-corrected chi connectivity index (χ2v) is 11.3. The molecule has 0 bridgehead atoms. The Kier molecular flexibility index (Phi) is 7.78. The van der Waals surface area contributed by atoms with Crippen LogP contribution in [0, 0.1) is 10.1 Å². The molecule has 0 amide bonds. The molecule has 1 aliphatic rings. The van der Waals surface area contributed by atoms with Crippen LogP contribution in [0.4, 0.5) is 11.4 Å². The summed E-state index contributed by atoms with van der Waals surface area (Å²) in [7, 11) is 3.87. The molecule has 12 heteroatoms. The van der Waals surface area contributed by atoms with Crippen LogP contribution in [0.15, 0.2) is 84.5 Å². The fourth-order valence-electron chi connectivity index (χ4n) is 4.58. The lowest BCUT2D eigenvalue weighted by molar-refractivity contribution is -0.384. The minimum Gasteiger partial charge on any atom is -0.463 e. The molecule has 0 radical (unpaired) electrons. The minimum absolute atomic E-state index is 0.0445. The van der Waals surface area contributed by atoms with E-state index in [1.54, 1.807) is 38.1 Å². The van der Waals surface area contributed by atoms with Crippen molar-refractivity contribution in [2.24, 2.45) is 4.99 Å². The summed E-state index contributed by atoms with van der Waals surface area (Å²) in [6.07, 6.45) is 1.63. The number of carbonyl (C=O) groups is 1. The highest BCUT2D eigenvalue weighted by molar-refractivity contribution is 9.10.